The Hall–Kier alpha value is -1.34. The van der Waals surface area contributed by atoms with E-state index >= 15 is 0 Å². The minimum absolute atomic E-state index is 0.121. The Morgan fingerprint density at radius 1 is 1.42 bits per heavy atom. The summed E-state index contributed by atoms with van der Waals surface area (Å²) >= 11 is 0. The molecule has 3 nitrogen and oxygen atoms in total. The lowest BCUT2D eigenvalue weighted by molar-refractivity contribution is -0.00440. The summed E-state index contributed by atoms with van der Waals surface area (Å²) in [6.45, 7) is 5.81. The maximum absolute atomic E-state index is 8.78. The monoisotopic (exact) mass is 259 g/mol. The molecule has 19 heavy (non-hydrogen) atoms. The maximum Gasteiger partial charge on any atom is 0.0619 e. The van der Waals surface area contributed by atoms with Crippen LogP contribution in [0, 0.1) is 11.8 Å². The molecule has 102 valence electrons. The second-order valence-corrected chi connectivity index (χ2v) is 4.83. The van der Waals surface area contributed by atoms with E-state index in [1.807, 2.05) is 12.1 Å². The number of aliphatic hydroxyl groups excluding tert-OH is 1. The first-order valence-electron chi connectivity index (χ1n) is 6.80. The molecule has 1 atom stereocenters. The van der Waals surface area contributed by atoms with E-state index in [2.05, 4.69) is 35.8 Å². The first kappa shape index (κ1) is 14.1. The Labute approximate surface area is 115 Å². The average molecular weight is 259 g/mol. The van der Waals surface area contributed by atoms with Crippen LogP contribution in [0.5, 0.6) is 0 Å². The number of nitrogens with zero attached hydrogens (tertiary/aromatic N) is 1. The number of hydrogen-bond acceptors (Lipinski definition) is 3. The van der Waals surface area contributed by atoms with Crippen LogP contribution in [0.4, 0.5) is 0 Å². The number of aliphatic hydroxyl groups is 1. The van der Waals surface area contributed by atoms with Crippen molar-refractivity contribution in [1.82, 2.24) is 4.90 Å². The average Bonchev–Trinajstić information content (AvgIpc) is 2.43. The van der Waals surface area contributed by atoms with E-state index in [1.165, 1.54) is 5.56 Å². The molecule has 0 radical (unpaired) electrons. The van der Waals surface area contributed by atoms with Crippen LogP contribution < -0.4 is 0 Å². The van der Waals surface area contributed by atoms with Crippen LogP contribution in [0.25, 0.3) is 0 Å². The molecule has 0 amide bonds. The van der Waals surface area contributed by atoms with Crippen molar-refractivity contribution in [2.24, 2.45) is 0 Å². The van der Waals surface area contributed by atoms with Crippen molar-refractivity contribution < 1.29 is 9.84 Å². The van der Waals surface area contributed by atoms with E-state index in [-0.39, 0.29) is 6.61 Å². The van der Waals surface area contributed by atoms with Crippen molar-refractivity contribution in [3.05, 3.63) is 35.4 Å². The Balaban J connectivity index is 2.09. The van der Waals surface area contributed by atoms with Gasteiger partial charge in [-0.25, -0.2) is 0 Å². The SMILES string of the molecule is CC1COCCN1Cc1ccccc1C#CCCO. The van der Waals surface area contributed by atoms with Crippen molar-refractivity contribution in [2.75, 3.05) is 26.4 Å². The number of morpholine rings is 1. The lowest BCUT2D eigenvalue weighted by atomic mass is 10.1. The van der Waals surface area contributed by atoms with E-state index in [0.29, 0.717) is 12.5 Å². The van der Waals surface area contributed by atoms with Gasteiger partial charge in [0.1, 0.15) is 0 Å². The molecule has 1 aromatic rings. The summed E-state index contributed by atoms with van der Waals surface area (Å²) in [5, 5.41) is 8.78. The van der Waals surface area contributed by atoms with Gasteiger partial charge >= 0.3 is 0 Å². The lowest BCUT2D eigenvalue weighted by Crippen LogP contribution is -2.43. The van der Waals surface area contributed by atoms with Gasteiger partial charge in [-0.2, -0.15) is 0 Å². The number of hydrogen-bond donors (Lipinski definition) is 1. The molecule has 0 aromatic heterocycles. The molecule has 0 spiro atoms. The second-order valence-electron chi connectivity index (χ2n) is 4.83. The molecule has 0 bridgehead atoms. The molecule has 0 saturated carbocycles. The molecule has 1 aromatic carbocycles. The third-order valence-corrected chi connectivity index (χ3v) is 3.36. The fraction of sp³-hybridized carbons (Fsp3) is 0.500. The summed E-state index contributed by atoms with van der Waals surface area (Å²) in [7, 11) is 0. The normalized spacial score (nSPS) is 19.8. The van der Waals surface area contributed by atoms with E-state index < -0.39 is 0 Å². The second kappa shape index (κ2) is 7.30. The standard InChI is InChI=1S/C16H21NO2/c1-14-13-19-11-9-17(14)12-16-8-3-2-6-15(16)7-4-5-10-18/h2-3,6,8,14,18H,5,9-13H2,1H3. The first-order chi connectivity index (χ1) is 9.31. The molecular weight excluding hydrogens is 238 g/mol. The summed E-state index contributed by atoms with van der Waals surface area (Å²) in [4.78, 5) is 2.43. The molecule has 1 heterocycles. The van der Waals surface area contributed by atoms with Gasteiger partial charge in [-0.15, -0.1) is 0 Å². The first-order valence-corrected chi connectivity index (χ1v) is 6.80. The minimum atomic E-state index is 0.121. The quantitative estimate of drug-likeness (QED) is 0.838. The van der Waals surface area contributed by atoms with Crippen LogP contribution in [0.1, 0.15) is 24.5 Å². The molecule has 1 fully saturated rings. The Bertz CT molecular complexity index is 461. The molecule has 1 saturated heterocycles. The summed E-state index contributed by atoms with van der Waals surface area (Å²) in [6, 6.07) is 8.69. The van der Waals surface area contributed by atoms with Crippen LogP contribution in [-0.4, -0.2) is 42.4 Å². The molecule has 0 aliphatic carbocycles. The molecule has 3 heteroatoms. The molecule has 1 unspecified atom stereocenters. The topological polar surface area (TPSA) is 32.7 Å². The van der Waals surface area contributed by atoms with E-state index in [4.69, 9.17) is 9.84 Å². The van der Waals surface area contributed by atoms with Gasteiger partial charge < -0.3 is 9.84 Å². The highest BCUT2D eigenvalue weighted by atomic mass is 16.5. The zero-order valence-corrected chi connectivity index (χ0v) is 11.4. The van der Waals surface area contributed by atoms with Gasteiger partial charge in [0.15, 0.2) is 0 Å². The summed E-state index contributed by atoms with van der Waals surface area (Å²) in [5.74, 6) is 6.15. The number of ether oxygens (including phenoxy) is 1. The van der Waals surface area contributed by atoms with Crippen LogP contribution in [0.3, 0.4) is 0 Å². The highest BCUT2D eigenvalue weighted by Gasteiger charge is 2.19. The molecular formula is C16H21NO2. The Morgan fingerprint density at radius 2 is 2.26 bits per heavy atom. The lowest BCUT2D eigenvalue weighted by Gasteiger charge is -2.33. The van der Waals surface area contributed by atoms with Crippen LogP contribution >= 0.6 is 0 Å². The van der Waals surface area contributed by atoms with Gasteiger partial charge in [0, 0.05) is 31.1 Å². The zero-order chi connectivity index (χ0) is 13.5. The summed E-state index contributed by atoms with van der Waals surface area (Å²) < 4.78 is 5.46. The smallest absolute Gasteiger partial charge is 0.0619 e. The van der Waals surface area contributed by atoms with Gasteiger partial charge in [0.05, 0.1) is 19.8 Å². The third-order valence-electron chi connectivity index (χ3n) is 3.36. The van der Waals surface area contributed by atoms with Gasteiger partial charge in [-0.05, 0) is 18.6 Å². The molecule has 1 N–H and O–H groups in total. The third kappa shape index (κ3) is 4.07. The minimum Gasteiger partial charge on any atom is -0.395 e. The number of rotatable bonds is 3. The van der Waals surface area contributed by atoms with E-state index in [0.717, 1.165) is 31.9 Å². The van der Waals surface area contributed by atoms with Gasteiger partial charge in [-0.3, -0.25) is 4.90 Å². The Morgan fingerprint density at radius 3 is 3.05 bits per heavy atom. The van der Waals surface area contributed by atoms with E-state index in [9.17, 15) is 0 Å². The summed E-state index contributed by atoms with van der Waals surface area (Å²) in [5.41, 5.74) is 2.32. The maximum atomic E-state index is 8.78. The van der Waals surface area contributed by atoms with Crippen molar-refractivity contribution in [2.45, 2.75) is 25.9 Å². The molecule has 1 aliphatic rings. The van der Waals surface area contributed by atoms with Crippen molar-refractivity contribution in [3.8, 4) is 11.8 Å². The summed E-state index contributed by atoms with van der Waals surface area (Å²) in [6.07, 6.45) is 0.530. The highest BCUT2D eigenvalue weighted by molar-refractivity contribution is 5.41. The van der Waals surface area contributed by atoms with Crippen molar-refractivity contribution in [1.29, 1.82) is 0 Å². The highest BCUT2D eigenvalue weighted by Crippen LogP contribution is 2.15. The van der Waals surface area contributed by atoms with Crippen LogP contribution in [-0.2, 0) is 11.3 Å². The van der Waals surface area contributed by atoms with Crippen LogP contribution in [0.2, 0.25) is 0 Å². The Kier molecular flexibility index (Phi) is 5.41. The molecule has 2 rings (SSSR count). The van der Waals surface area contributed by atoms with Gasteiger partial charge in [0.25, 0.3) is 0 Å². The predicted octanol–water partition coefficient (Wildman–Crippen LogP) is 1.64. The zero-order valence-electron chi connectivity index (χ0n) is 11.4. The molecule has 1 aliphatic heterocycles. The fourth-order valence-electron chi connectivity index (χ4n) is 2.21. The van der Waals surface area contributed by atoms with Crippen molar-refractivity contribution >= 4 is 0 Å². The van der Waals surface area contributed by atoms with Crippen molar-refractivity contribution in [3.63, 3.8) is 0 Å². The fourth-order valence-corrected chi connectivity index (χ4v) is 2.21. The van der Waals surface area contributed by atoms with Gasteiger partial charge in [-0.1, -0.05) is 30.0 Å². The van der Waals surface area contributed by atoms with Crippen LogP contribution in [0.15, 0.2) is 24.3 Å². The predicted molar refractivity (Wildman–Crippen MR) is 75.7 cm³/mol. The van der Waals surface area contributed by atoms with E-state index in [1.54, 1.807) is 0 Å². The van der Waals surface area contributed by atoms with Gasteiger partial charge in [0.2, 0.25) is 0 Å². The largest absolute Gasteiger partial charge is 0.395 e. The number of benzene rings is 1.